The average Bonchev–Trinajstić information content (AvgIpc) is 2.95. The molecule has 0 N–H and O–H groups in total. The third-order valence-corrected chi connectivity index (χ3v) is 4.67. The molecule has 1 amide bonds. The van der Waals surface area contributed by atoms with E-state index in [4.69, 9.17) is 16.3 Å². The second-order valence-electron chi connectivity index (χ2n) is 6.45. The molecule has 4 nitrogen and oxygen atoms in total. The van der Waals surface area contributed by atoms with E-state index >= 15 is 0 Å². The third kappa shape index (κ3) is 4.02. The molecular formula is C20H20ClNO3. The van der Waals surface area contributed by atoms with E-state index < -0.39 is 5.92 Å². The largest absolute Gasteiger partial charge is 0.460 e. The van der Waals surface area contributed by atoms with Crippen LogP contribution in [0.3, 0.4) is 0 Å². The summed E-state index contributed by atoms with van der Waals surface area (Å²) in [5.74, 6) is -0.861. The van der Waals surface area contributed by atoms with Gasteiger partial charge in [-0.25, -0.2) is 0 Å². The highest BCUT2D eigenvalue weighted by atomic mass is 35.5. The lowest BCUT2D eigenvalue weighted by molar-refractivity contribution is -0.149. The summed E-state index contributed by atoms with van der Waals surface area (Å²) in [6.07, 6.45) is 0.175. The van der Waals surface area contributed by atoms with E-state index in [-0.39, 0.29) is 24.9 Å². The molecule has 0 spiro atoms. The van der Waals surface area contributed by atoms with Crippen molar-refractivity contribution >= 4 is 29.2 Å². The summed E-state index contributed by atoms with van der Waals surface area (Å²) in [5.41, 5.74) is 3.78. The summed E-state index contributed by atoms with van der Waals surface area (Å²) in [4.78, 5) is 26.3. The lowest BCUT2D eigenvalue weighted by atomic mass is 10.1. The van der Waals surface area contributed by atoms with Gasteiger partial charge in [0.2, 0.25) is 5.91 Å². The highest BCUT2D eigenvalue weighted by Crippen LogP contribution is 2.28. The Labute approximate surface area is 152 Å². The fourth-order valence-electron chi connectivity index (χ4n) is 3.10. The van der Waals surface area contributed by atoms with Crippen LogP contribution in [0.1, 0.15) is 23.1 Å². The van der Waals surface area contributed by atoms with E-state index in [0.717, 1.165) is 22.4 Å². The Morgan fingerprint density at radius 3 is 2.56 bits per heavy atom. The molecule has 0 aromatic heterocycles. The number of ether oxygens (including phenoxy) is 1. The molecule has 0 saturated carbocycles. The molecule has 1 aliphatic heterocycles. The molecule has 1 fully saturated rings. The molecule has 1 atom stereocenters. The summed E-state index contributed by atoms with van der Waals surface area (Å²) in [6, 6.07) is 13.2. The summed E-state index contributed by atoms with van der Waals surface area (Å²) >= 11 is 6.07. The molecule has 0 aliphatic carbocycles. The first-order valence-corrected chi connectivity index (χ1v) is 8.60. The fraction of sp³-hybridized carbons (Fsp3) is 0.300. The Morgan fingerprint density at radius 1 is 1.20 bits per heavy atom. The number of carbonyl (C=O) groups is 2. The van der Waals surface area contributed by atoms with Gasteiger partial charge in [0.15, 0.2) is 0 Å². The number of esters is 1. The van der Waals surface area contributed by atoms with Crippen LogP contribution in [0.15, 0.2) is 42.5 Å². The minimum Gasteiger partial charge on any atom is -0.460 e. The van der Waals surface area contributed by atoms with Gasteiger partial charge >= 0.3 is 5.97 Å². The smallest absolute Gasteiger partial charge is 0.311 e. The zero-order chi connectivity index (χ0) is 18.0. The lowest BCUT2D eigenvalue weighted by Crippen LogP contribution is -2.26. The van der Waals surface area contributed by atoms with E-state index in [1.165, 1.54) is 0 Å². The minimum atomic E-state index is -0.448. The van der Waals surface area contributed by atoms with Crippen molar-refractivity contribution in [2.45, 2.75) is 26.9 Å². The van der Waals surface area contributed by atoms with Gasteiger partial charge in [-0.3, -0.25) is 9.59 Å². The zero-order valence-electron chi connectivity index (χ0n) is 14.3. The van der Waals surface area contributed by atoms with E-state index in [0.29, 0.717) is 11.6 Å². The van der Waals surface area contributed by atoms with Gasteiger partial charge in [0, 0.05) is 29.2 Å². The molecule has 25 heavy (non-hydrogen) atoms. The molecule has 0 bridgehead atoms. The maximum Gasteiger partial charge on any atom is 0.311 e. The van der Waals surface area contributed by atoms with Crippen molar-refractivity contribution in [3.63, 3.8) is 0 Å². The van der Waals surface area contributed by atoms with Crippen molar-refractivity contribution in [2.75, 3.05) is 11.4 Å². The fourth-order valence-corrected chi connectivity index (χ4v) is 3.29. The topological polar surface area (TPSA) is 46.6 Å². The van der Waals surface area contributed by atoms with Gasteiger partial charge in [0.05, 0.1) is 5.92 Å². The van der Waals surface area contributed by atoms with Crippen molar-refractivity contribution in [3.05, 3.63) is 64.2 Å². The average molecular weight is 358 g/mol. The summed E-state index contributed by atoms with van der Waals surface area (Å²) in [5, 5.41) is 0.565. The van der Waals surface area contributed by atoms with Gasteiger partial charge < -0.3 is 9.64 Å². The number of amides is 1. The standard InChI is InChI=1S/C20H20ClNO3/c1-13-7-14(2)9-17(8-13)22-11-16(10-19(22)23)20(24)25-12-15-5-3-4-6-18(15)21/h3-9,16H,10-12H2,1-2H3/t16-/m1/s1. The number of rotatable bonds is 4. The van der Waals surface area contributed by atoms with Crippen molar-refractivity contribution < 1.29 is 14.3 Å². The Kier molecular flexibility index (Phi) is 5.09. The van der Waals surface area contributed by atoms with Crippen LogP contribution in [0.5, 0.6) is 0 Å². The second kappa shape index (κ2) is 7.28. The molecule has 2 aromatic rings. The van der Waals surface area contributed by atoms with E-state index in [9.17, 15) is 9.59 Å². The highest BCUT2D eigenvalue weighted by molar-refractivity contribution is 6.31. The molecule has 1 aliphatic rings. The zero-order valence-corrected chi connectivity index (χ0v) is 15.0. The van der Waals surface area contributed by atoms with Crippen LogP contribution in [0.25, 0.3) is 0 Å². The molecule has 5 heteroatoms. The second-order valence-corrected chi connectivity index (χ2v) is 6.86. The maximum atomic E-state index is 12.3. The van der Waals surface area contributed by atoms with Gasteiger partial charge in [-0.15, -0.1) is 0 Å². The van der Waals surface area contributed by atoms with Gasteiger partial charge in [-0.2, -0.15) is 0 Å². The first-order chi connectivity index (χ1) is 11.9. The van der Waals surface area contributed by atoms with Crippen LogP contribution in [0.2, 0.25) is 5.02 Å². The number of aryl methyl sites for hydroxylation is 2. The predicted molar refractivity (Wildman–Crippen MR) is 97.6 cm³/mol. The number of benzene rings is 2. The SMILES string of the molecule is Cc1cc(C)cc(N2C[C@H](C(=O)OCc3ccccc3Cl)CC2=O)c1. The van der Waals surface area contributed by atoms with Crippen molar-refractivity contribution in [1.29, 1.82) is 0 Å². The Balaban J connectivity index is 1.65. The van der Waals surface area contributed by atoms with Crippen LogP contribution in [-0.4, -0.2) is 18.4 Å². The summed E-state index contributed by atoms with van der Waals surface area (Å²) in [6.45, 7) is 4.45. The van der Waals surface area contributed by atoms with Crippen LogP contribution in [-0.2, 0) is 20.9 Å². The minimum absolute atomic E-state index is 0.0512. The quantitative estimate of drug-likeness (QED) is 0.775. The Hall–Kier alpha value is -2.33. The molecule has 3 rings (SSSR count). The summed E-state index contributed by atoms with van der Waals surface area (Å²) in [7, 11) is 0. The molecule has 0 radical (unpaired) electrons. The predicted octanol–water partition coefficient (Wildman–Crippen LogP) is 4.05. The van der Waals surface area contributed by atoms with E-state index in [2.05, 4.69) is 6.07 Å². The number of hydrogen-bond donors (Lipinski definition) is 0. The van der Waals surface area contributed by atoms with Crippen LogP contribution in [0, 0.1) is 19.8 Å². The molecule has 2 aromatic carbocycles. The molecule has 130 valence electrons. The number of carbonyl (C=O) groups excluding carboxylic acids is 2. The van der Waals surface area contributed by atoms with Gasteiger partial charge in [-0.1, -0.05) is 35.9 Å². The van der Waals surface area contributed by atoms with Gasteiger partial charge in [0.25, 0.3) is 0 Å². The monoisotopic (exact) mass is 357 g/mol. The number of nitrogens with zero attached hydrogens (tertiary/aromatic N) is 1. The van der Waals surface area contributed by atoms with Gasteiger partial charge in [0.1, 0.15) is 6.61 Å². The normalized spacial score (nSPS) is 17.0. The number of halogens is 1. The molecule has 0 unspecified atom stereocenters. The number of hydrogen-bond acceptors (Lipinski definition) is 3. The Morgan fingerprint density at radius 2 is 1.88 bits per heavy atom. The number of anilines is 1. The van der Waals surface area contributed by atoms with E-state index in [1.54, 1.807) is 11.0 Å². The van der Waals surface area contributed by atoms with Crippen LogP contribution in [0.4, 0.5) is 5.69 Å². The van der Waals surface area contributed by atoms with Crippen LogP contribution >= 0.6 is 11.6 Å². The van der Waals surface area contributed by atoms with Crippen LogP contribution < -0.4 is 4.90 Å². The van der Waals surface area contributed by atoms with Gasteiger partial charge in [-0.05, 0) is 43.2 Å². The lowest BCUT2D eigenvalue weighted by Gasteiger charge is -2.18. The molecular weight excluding hydrogens is 338 g/mol. The maximum absolute atomic E-state index is 12.3. The van der Waals surface area contributed by atoms with E-state index in [1.807, 2.05) is 44.2 Å². The summed E-state index contributed by atoms with van der Waals surface area (Å²) < 4.78 is 5.37. The van der Waals surface area contributed by atoms with Crippen molar-refractivity contribution in [2.24, 2.45) is 5.92 Å². The first kappa shape index (κ1) is 17.5. The first-order valence-electron chi connectivity index (χ1n) is 8.23. The molecule has 1 saturated heterocycles. The Bertz CT molecular complexity index is 798. The highest BCUT2D eigenvalue weighted by Gasteiger charge is 2.36. The van der Waals surface area contributed by atoms with Crippen molar-refractivity contribution in [3.8, 4) is 0 Å². The molecule has 1 heterocycles. The van der Waals surface area contributed by atoms with Crippen molar-refractivity contribution in [1.82, 2.24) is 0 Å². The third-order valence-electron chi connectivity index (χ3n) is 4.30.